The van der Waals surface area contributed by atoms with Crippen molar-refractivity contribution in [3.8, 4) is 5.75 Å². The number of nitrogens with zero attached hydrogens (tertiary/aromatic N) is 1. The van der Waals surface area contributed by atoms with Crippen LogP contribution in [0.5, 0.6) is 5.75 Å². The summed E-state index contributed by atoms with van der Waals surface area (Å²) in [5, 5.41) is 0. The van der Waals surface area contributed by atoms with E-state index in [0.717, 1.165) is 6.42 Å². The Bertz CT molecular complexity index is 604. The maximum Gasteiger partial charge on any atom is 0.243 e. The summed E-state index contributed by atoms with van der Waals surface area (Å²) in [5.41, 5.74) is 5.45. The van der Waals surface area contributed by atoms with Gasteiger partial charge >= 0.3 is 0 Å². The number of hydrogen-bond acceptors (Lipinski definition) is 6. The molecule has 1 heterocycles. The SMILES string of the molecule is COCCOc1ccc(S(=O)(=O)N2CCC(OCCCN)CC2)cc1.Cl. The van der Waals surface area contributed by atoms with Gasteiger partial charge in [0.15, 0.2) is 0 Å². The number of halogens is 1. The third-order valence-corrected chi connectivity index (χ3v) is 6.03. The van der Waals surface area contributed by atoms with Crippen molar-refractivity contribution >= 4 is 22.4 Å². The molecule has 1 aromatic rings. The summed E-state index contributed by atoms with van der Waals surface area (Å²) < 4.78 is 43.1. The normalized spacial score (nSPS) is 16.2. The van der Waals surface area contributed by atoms with Crippen LogP contribution in [0.2, 0.25) is 0 Å². The van der Waals surface area contributed by atoms with Crippen LogP contribution >= 0.6 is 12.4 Å². The molecule has 0 radical (unpaired) electrons. The zero-order valence-corrected chi connectivity index (χ0v) is 16.8. The van der Waals surface area contributed by atoms with Gasteiger partial charge in [0.05, 0.1) is 17.6 Å². The molecule has 0 bridgehead atoms. The van der Waals surface area contributed by atoms with Crippen molar-refractivity contribution in [3.05, 3.63) is 24.3 Å². The molecule has 150 valence electrons. The second kappa shape index (κ2) is 11.7. The van der Waals surface area contributed by atoms with Crippen molar-refractivity contribution in [2.75, 3.05) is 46.6 Å². The molecule has 0 atom stereocenters. The molecule has 1 aliphatic heterocycles. The lowest BCUT2D eigenvalue weighted by Gasteiger charge is -2.31. The molecule has 1 aliphatic rings. The van der Waals surface area contributed by atoms with Crippen LogP contribution in [0.3, 0.4) is 0 Å². The Kier molecular flexibility index (Phi) is 10.4. The van der Waals surface area contributed by atoms with Crippen molar-refractivity contribution in [2.24, 2.45) is 5.73 Å². The van der Waals surface area contributed by atoms with E-state index < -0.39 is 10.0 Å². The van der Waals surface area contributed by atoms with Gasteiger partial charge in [-0.15, -0.1) is 12.4 Å². The monoisotopic (exact) mass is 408 g/mol. The van der Waals surface area contributed by atoms with Gasteiger partial charge in [0, 0.05) is 26.8 Å². The number of piperidine rings is 1. The second-order valence-electron chi connectivity index (χ2n) is 5.93. The first-order chi connectivity index (χ1) is 12.1. The lowest BCUT2D eigenvalue weighted by Crippen LogP contribution is -2.40. The van der Waals surface area contributed by atoms with Gasteiger partial charge in [-0.3, -0.25) is 0 Å². The van der Waals surface area contributed by atoms with Gasteiger partial charge in [0.1, 0.15) is 12.4 Å². The molecule has 0 aliphatic carbocycles. The molecular formula is C17H29ClN2O5S. The zero-order chi connectivity index (χ0) is 18.1. The summed E-state index contributed by atoms with van der Waals surface area (Å²) in [7, 11) is -1.87. The Hall–Kier alpha value is -0.900. The molecular weight excluding hydrogens is 380 g/mol. The average molecular weight is 409 g/mol. The Morgan fingerprint density at radius 2 is 1.77 bits per heavy atom. The third kappa shape index (κ3) is 6.68. The molecule has 0 unspecified atom stereocenters. The molecule has 0 amide bonds. The van der Waals surface area contributed by atoms with Crippen molar-refractivity contribution in [3.63, 3.8) is 0 Å². The molecule has 7 nitrogen and oxygen atoms in total. The molecule has 1 fully saturated rings. The molecule has 26 heavy (non-hydrogen) atoms. The van der Waals surface area contributed by atoms with E-state index in [1.54, 1.807) is 31.4 Å². The summed E-state index contributed by atoms with van der Waals surface area (Å²) in [5.74, 6) is 0.628. The van der Waals surface area contributed by atoms with E-state index in [4.69, 9.17) is 19.9 Å². The Morgan fingerprint density at radius 1 is 1.12 bits per heavy atom. The minimum atomic E-state index is -3.48. The highest BCUT2D eigenvalue weighted by Gasteiger charge is 2.29. The minimum Gasteiger partial charge on any atom is -0.491 e. The van der Waals surface area contributed by atoms with Crippen LogP contribution in [0.25, 0.3) is 0 Å². The second-order valence-corrected chi connectivity index (χ2v) is 7.87. The molecule has 2 N–H and O–H groups in total. The Morgan fingerprint density at radius 3 is 2.35 bits per heavy atom. The number of nitrogens with two attached hydrogens (primary N) is 1. The Balaban J connectivity index is 0.00000338. The zero-order valence-electron chi connectivity index (χ0n) is 15.1. The van der Waals surface area contributed by atoms with Gasteiger partial charge in [-0.1, -0.05) is 0 Å². The van der Waals surface area contributed by atoms with Crippen molar-refractivity contribution in [1.29, 1.82) is 0 Å². The van der Waals surface area contributed by atoms with Crippen LogP contribution in [-0.4, -0.2) is 65.4 Å². The van der Waals surface area contributed by atoms with Crippen LogP contribution in [0.1, 0.15) is 19.3 Å². The molecule has 0 spiro atoms. The highest BCUT2D eigenvalue weighted by Crippen LogP contribution is 2.23. The minimum absolute atomic E-state index is 0. The van der Waals surface area contributed by atoms with Crippen LogP contribution < -0.4 is 10.5 Å². The third-order valence-electron chi connectivity index (χ3n) is 4.12. The first-order valence-electron chi connectivity index (χ1n) is 8.61. The lowest BCUT2D eigenvalue weighted by molar-refractivity contribution is 0.0209. The number of rotatable bonds is 10. The first-order valence-corrected chi connectivity index (χ1v) is 10.1. The van der Waals surface area contributed by atoms with E-state index in [1.165, 1.54) is 4.31 Å². The number of ether oxygens (including phenoxy) is 3. The number of hydrogen-bond donors (Lipinski definition) is 1. The summed E-state index contributed by atoms with van der Waals surface area (Å²) >= 11 is 0. The van der Waals surface area contributed by atoms with Gasteiger partial charge in [-0.2, -0.15) is 4.31 Å². The Labute approximate surface area is 162 Å². The summed E-state index contributed by atoms with van der Waals surface area (Å²) in [6.07, 6.45) is 2.37. The predicted molar refractivity (Wildman–Crippen MR) is 102 cm³/mol. The lowest BCUT2D eigenvalue weighted by atomic mass is 10.1. The van der Waals surface area contributed by atoms with Crippen LogP contribution in [-0.2, 0) is 19.5 Å². The highest BCUT2D eigenvalue weighted by atomic mass is 35.5. The van der Waals surface area contributed by atoms with Gasteiger partial charge in [0.2, 0.25) is 10.0 Å². The first kappa shape index (κ1) is 23.1. The standard InChI is InChI=1S/C17H28N2O5S.ClH/c1-22-13-14-24-15-3-5-17(6-4-15)25(20,21)19-10-7-16(8-11-19)23-12-2-9-18;/h3-6,16H,2,7-14,18H2,1H3;1H. The number of sulfonamides is 1. The topological polar surface area (TPSA) is 91.1 Å². The van der Waals surface area contributed by atoms with E-state index >= 15 is 0 Å². The van der Waals surface area contributed by atoms with E-state index in [1.807, 2.05) is 0 Å². The van der Waals surface area contributed by atoms with Crippen molar-refractivity contribution < 1.29 is 22.6 Å². The molecule has 0 aromatic heterocycles. The van der Waals surface area contributed by atoms with Crippen LogP contribution in [0, 0.1) is 0 Å². The maximum atomic E-state index is 12.7. The van der Waals surface area contributed by atoms with Crippen LogP contribution in [0.15, 0.2) is 29.2 Å². The number of methoxy groups -OCH3 is 1. The van der Waals surface area contributed by atoms with E-state index in [2.05, 4.69) is 0 Å². The molecule has 9 heteroatoms. The number of benzene rings is 1. The van der Waals surface area contributed by atoms with E-state index in [0.29, 0.717) is 58.0 Å². The largest absolute Gasteiger partial charge is 0.491 e. The predicted octanol–water partition coefficient (Wildman–Crippen LogP) is 1.65. The van der Waals surface area contributed by atoms with E-state index in [9.17, 15) is 8.42 Å². The fourth-order valence-electron chi connectivity index (χ4n) is 2.67. The highest BCUT2D eigenvalue weighted by molar-refractivity contribution is 7.89. The van der Waals surface area contributed by atoms with Crippen LogP contribution in [0.4, 0.5) is 0 Å². The molecule has 1 saturated heterocycles. The van der Waals surface area contributed by atoms with Crippen molar-refractivity contribution in [1.82, 2.24) is 4.31 Å². The quantitative estimate of drug-likeness (QED) is 0.592. The van der Waals surface area contributed by atoms with Gasteiger partial charge in [0.25, 0.3) is 0 Å². The smallest absolute Gasteiger partial charge is 0.243 e. The van der Waals surface area contributed by atoms with Gasteiger partial charge in [-0.05, 0) is 50.1 Å². The maximum absolute atomic E-state index is 12.7. The summed E-state index contributed by atoms with van der Waals surface area (Å²) in [4.78, 5) is 0.286. The van der Waals surface area contributed by atoms with Crippen molar-refractivity contribution in [2.45, 2.75) is 30.3 Å². The molecule has 0 saturated carbocycles. The summed E-state index contributed by atoms with van der Waals surface area (Å²) in [6, 6.07) is 6.51. The fraction of sp³-hybridized carbons (Fsp3) is 0.647. The fourth-order valence-corrected chi connectivity index (χ4v) is 4.14. The van der Waals surface area contributed by atoms with Gasteiger partial charge in [-0.25, -0.2) is 8.42 Å². The average Bonchev–Trinajstić information content (AvgIpc) is 2.63. The van der Waals surface area contributed by atoms with Gasteiger partial charge < -0.3 is 19.9 Å². The molecule has 2 rings (SSSR count). The van der Waals surface area contributed by atoms with E-state index in [-0.39, 0.29) is 23.4 Å². The molecule has 1 aromatic carbocycles. The summed E-state index contributed by atoms with van der Waals surface area (Å²) in [6.45, 7) is 3.11.